The van der Waals surface area contributed by atoms with Crippen LogP contribution in [0, 0.1) is 0 Å². The highest BCUT2D eigenvalue weighted by Crippen LogP contribution is 2.22. The van der Waals surface area contributed by atoms with Gasteiger partial charge in [-0.2, -0.15) is 0 Å². The highest BCUT2D eigenvalue weighted by Gasteiger charge is 2.20. The van der Waals surface area contributed by atoms with E-state index in [-0.39, 0.29) is 5.91 Å². The van der Waals surface area contributed by atoms with Crippen molar-refractivity contribution in [3.8, 4) is 5.75 Å². The number of hydrogen-bond acceptors (Lipinski definition) is 4. The molecule has 1 amide bonds. The van der Waals surface area contributed by atoms with Crippen molar-refractivity contribution in [2.24, 2.45) is 0 Å². The van der Waals surface area contributed by atoms with Crippen LogP contribution < -0.4 is 4.74 Å². The lowest BCUT2D eigenvalue weighted by atomic mass is 10.1. The van der Waals surface area contributed by atoms with Gasteiger partial charge in [0.1, 0.15) is 5.75 Å². The first-order valence-corrected chi connectivity index (χ1v) is 10.8. The van der Waals surface area contributed by atoms with Crippen LogP contribution in [0.15, 0.2) is 41.8 Å². The van der Waals surface area contributed by atoms with Crippen molar-refractivity contribution in [1.82, 2.24) is 9.80 Å². The Morgan fingerprint density at radius 2 is 1.78 bits per heavy atom. The van der Waals surface area contributed by atoms with E-state index in [0.717, 1.165) is 43.8 Å². The molecular weight excluding hydrogens is 356 g/mol. The summed E-state index contributed by atoms with van der Waals surface area (Å²) in [6, 6.07) is 12.3. The fourth-order valence-electron chi connectivity index (χ4n) is 3.65. The summed E-state index contributed by atoms with van der Waals surface area (Å²) in [7, 11) is 1.70. The van der Waals surface area contributed by atoms with E-state index in [1.165, 1.54) is 24.1 Å². The lowest BCUT2D eigenvalue weighted by Crippen LogP contribution is -2.41. The topological polar surface area (TPSA) is 32.8 Å². The standard InChI is InChI=1S/C22H30N2O2S/c1-26-21-12-6-5-10-19(21)16-23(17-20-11-9-15-27-20)18-22(25)24-13-7-3-2-4-8-14-24/h5-6,9-12,15H,2-4,7-8,13-14,16-18H2,1H3. The van der Waals surface area contributed by atoms with Crippen LogP contribution in [-0.2, 0) is 17.9 Å². The van der Waals surface area contributed by atoms with E-state index in [9.17, 15) is 4.79 Å². The second-order valence-corrected chi connectivity index (χ2v) is 8.22. The number of rotatable bonds is 7. The van der Waals surface area contributed by atoms with Crippen LogP contribution in [0.5, 0.6) is 5.75 Å². The summed E-state index contributed by atoms with van der Waals surface area (Å²) in [4.78, 5) is 18.6. The Morgan fingerprint density at radius 1 is 1.04 bits per heavy atom. The molecule has 5 heteroatoms. The van der Waals surface area contributed by atoms with E-state index < -0.39 is 0 Å². The molecule has 0 aliphatic carbocycles. The van der Waals surface area contributed by atoms with E-state index in [2.05, 4.69) is 33.4 Å². The zero-order valence-electron chi connectivity index (χ0n) is 16.2. The summed E-state index contributed by atoms with van der Waals surface area (Å²) < 4.78 is 5.51. The fraction of sp³-hybridized carbons (Fsp3) is 0.500. The van der Waals surface area contributed by atoms with Crippen molar-refractivity contribution < 1.29 is 9.53 Å². The number of benzene rings is 1. The maximum absolute atomic E-state index is 13.0. The average Bonchev–Trinajstić information content (AvgIpc) is 3.14. The molecule has 1 aromatic carbocycles. The average molecular weight is 387 g/mol. The van der Waals surface area contributed by atoms with Gasteiger partial charge in [0.25, 0.3) is 0 Å². The lowest BCUT2D eigenvalue weighted by molar-refractivity contribution is -0.133. The molecule has 4 nitrogen and oxygen atoms in total. The molecule has 0 bridgehead atoms. The van der Waals surface area contributed by atoms with Gasteiger partial charge in [-0.05, 0) is 30.4 Å². The van der Waals surface area contributed by atoms with E-state index in [1.54, 1.807) is 18.4 Å². The second-order valence-electron chi connectivity index (χ2n) is 7.18. The first-order chi connectivity index (χ1) is 13.3. The molecule has 3 rings (SSSR count). The van der Waals surface area contributed by atoms with Crippen molar-refractivity contribution in [2.45, 2.75) is 45.2 Å². The number of likely N-dealkylation sites (tertiary alicyclic amines) is 1. The smallest absolute Gasteiger partial charge is 0.236 e. The Balaban J connectivity index is 1.70. The van der Waals surface area contributed by atoms with Gasteiger partial charge in [0.05, 0.1) is 13.7 Å². The first-order valence-electron chi connectivity index (χ1n) is 9.90. The van der Waals surface area contributed by atoms with Crippen LogP contribution in [0.3, 0.4) is 0 Å². The van der Waals surface area contributed by atoms with E-state index in [4.69, 9.17) is 4.74 Å². The number of ether oxygens (including phenoxy) is 1. The number of amides is 1. The second kappa shape index (κ2) is 10.5. The third kappa shape index (κ3) is 6.08. The minimum Gasteiger partial charge on any atom is -0.496 e. The van der Waals surface area contributed by atoms with E-state index >= 15 is 0 Å². The summed E-state index contributed by atoms with van der Waals surface area (Å²) in [6.07, 6.45) is 6.04. The van der Waals surface area contributed by atoms with Crippen molar-refractivity contribution in [3.63, 3.8) is 0 Å². The highest BCUT2D eigenvalue weighted by molar-refractivity contribution is 7.09. The van der Waals surface area contributed by atoms with Crippen molar-refractivity contribution in [3.05, 3.63) is 52.2 Å². The molecule has 27 heavy (non-hydrogen) atoms. The molecule has 0 radical (unpaired) electrons. The summed E-state index contributed by atoms with van der Waals surface area (Å²) in [5.74, 6) is 1.13. The Kier molecular flexibility index (Phi) is 7.72. The normalized spacial score (nSPS) is 15.4. The molecule has 1 aliphatic heterocycles. The Morgan fingerprint density at radius 3 is 2.48 bits per heavy atom. The van der Waals surface area contributed by atoms with Crippen molar-refractivity contribution in [1.29, 1.82) is 0 Å². The molecule has 1 fully saturated rings. The molecule has 0 N–H and O–H groups in total. The number of carbonyl (C=O) groups excluding carboxylic acids is 1. The number of methoxy groups -OCH3 is 1. The predicted molar refractivity (Wildman–Crippen MR) is 111 cm³/mol. The van der Waals surface area contributed by atoms with Crippen LogP contribution >= 0.6 is 11.3 Å². The van der Waals surface area contributed by atoms with Gasteiger partial charge in [0, 0.05) is 36.6 Å². The zero-order chi connectivity index (χ0) is 18.9. The zero-order valence-corrected chi connectivity index (χ0v) is 17.0. The highest BCUT2D eigenvalue weighted by atomic mass is 32.1. The minimum absolute atomic E-state index is 0.253. The van der Waals surface area contributed by atoms with E-state index in [1.807, 2.05) is 18.2 Å². The minimum atomic E-state index is 0.253. The van der Waals surface area contributed by atoms with Gasteiger partial charge in [0.15, 0.2) is 0 Å². The molecule has 0 saturated carbocycles. The summed E-state index contributed by atoms with van der Waals surface area (Å²) >= 11 is 1.74. The molecule has 2 aromatic rings. The summed E-state index contributed by atoms with van der Waals surface area (Å²) in [5, 5.41) is 2.09. The molecule has 2 heterocycles. The number of para-hydroxylation sites is 1. The molecule has 0 unspecified atom stereocenters. The van der Waals surface area contributed by atoms with Crippen LogP contribution in [0.4, 0.5) is 0 Å². The third-order valence-corrected chi connectivity index (χ3v) is 5.97. The van der Waals surface area contributed by atoms with Crippen molar-refractivity contribution in [2.75, 3.05) is 26.7 Å². The SMILES string of the molecule is COc1ccccc1CN(CC(=O)N1CCCCCCC1)Cc1cccs1. The first kappa shape index (κ1) is 19.9. The predicted octanol–water partition coefficient (Wildman–Crippen LogP) is 4.55. The molecule has 0 atom stereocenters. The molecule has 1 aromatic heterocycles. The Hall–Kier alpha value is -1.85. The molecule has 146 valence electrons. The number of thiophene rings is 1. The maximum Gasteiger partial charge on any atom is 0.236 e. The monoisotopic (exact) mass is 386 g/mol. The van der Waals surface area contributed by atoms with Gasteiger partial charge in [-0.25, -0.2) is 0 Å². The van der Waals surface area contributed by atoms with Gasteiger partial charge in [-0.3, -0.25) is 9.69 Å². The molecule has 1 saturated heterocycles. The summed E-state index contributed by atoms with van der Waals surface area (Å²) in [6.45, 7) is 3.76. The fourth-order valence-corrected chi connectivity index (χ4v) is 4.40. The third-order valence-electron chi connectivity index (χ3n) is 5.11. The quantitative estimate of drug-likeness (QED) is 0.700. The Labute approximate surface area is 166 Å². The lowest BCUT2D eigenvalue weighted by Gasteiger charge is -2.29. The molecule has 0 spiro atoms. The number of hydrogen-bond donors (Lipinski definition) is 0. The van der Waals surface area contributed by atoms with Gasteiger partial charge in [0.2, 0.25) is 5.91 Å². The van der Waals surface area contributed by atoms with Crippen LogP contribution in [0.25, 0.3) is 0 Å². The maximum atomic E-state index is 13.0. The van der Waals surface area contributed by atoms with Gasteiger partial charge < -0.3 is 9.64 Å². The molecule has 1 aliphatic rings. The van der Waals surface area contributed by atoms with Crippen LogP contribution in [0.2, 0.25) is 0 Å². The van der Waals surface area contributed by atoms with Crippen LogP contribution in [-0.4, -0.2) is 42.5 Å². The van der Waals surface area contributed by atoms with Gasteiger partial charge >= 0.3 is 0 Å². The summed E-state index contributed by atoms with van der Waals surface area (Å²) in [5.41, 5.74) is 1.12. The number of carbonyl (C=O) groups is 1. The largest absolute Gasteiger partial charge is 0.496 e. The van der Waals surface area contributed by atoms with Crippen LogP contribution in [0.1, 0.15) is 42.5 Å². The molecular formula is C22H30N2O2S. The van der Waals surface area contributed by atoms with E-state index in [0.29, 0.717) is 13.1 Å². The van der Waals surface area contributed by atoms with Gasteiger partial charge in [-0.1, -0.05) is 43.5 Å². The van der Waals surface area contributed by atoms with Crippen molar-refractivity contribution >= 4 is 17.2 Å². The van der Waals surface area contributed by atoms with Gasteiger partial charge in [-0.15, -0.1) is 11.3 Å². The Bertz CT molecular complexity index is 694. The number of nitrogens with zero attached hydrogens (tertiary/aromatic N) is 2.